The van der Waals surface area contributed by atoms with Crippen LogP contribution in [0.3, 0.4) is 0 Å². The molecule has 0 aliphatic heterocycles. The van der Waals surface area contributed by atoms with Crippen molar-refractivity contribution in [1.29, 1.82) is 0 Å². The molecular formula is C15H21N3O5S2. The number of amides is 2. The van der Waals surface area contributed by atoms with E-state index in [2.05, 4.69) is 35.9 Å². The molecule has 1 rings (SSSR count). The zero-order chi connectivity index (χ0) is 19.0. The third-order valence-corrected chi connectivity index (χ3v) is 4.10. The number of aliphatic carboxylic acids is 1. The van der Waals surface area contributed by atoms with E-state index in [-0.39, 0.29) is 23.7 Å². The van der Waals surface area contributed by atoms with Gasteiger partial charge in [-0.15, -0.1) is 0 Å². The van der Waals surface area contributed by atoms with Crippen LogP contribution in [0.4, 0.5) is 0 Å². The molecule has 0 spiro atoms. The van der Waals surface area contributed by atoms with Gasteiger partial charge in [0.1, 0.15) is 17.8 Å². The van der Waals surface area contributed by atoms with Gasteiger partial charge in [-0.05, 0) is 17.7 Å². The molecule has 0 fully saturated rings. The van der Waals surface area contributed by atoms with E-state index in [0.29, 0.717) is 5.56 Å². The zero-order valence-electron chi connectivity index (χ0n) is 13.3. The van der Waals surface area contributed by atoms with Gasteiger partial charge in [0.15, 0.2) is 0 Å². The molecule has 6 N–H and O–H groups in total. The average Bonchev–Trinajstić information content (AvgIpc) is 2.59. The quantitative estimate of drug-likeness (QED) is 0.276. The highest BCUT2D eigenvalue weighted by atomic mass is 32.1. The van der Waals surface area contributed by atoms with E-state index in [1.165, 1.54) is 12.1 Å². The fourth-order valence-electron chi connectivity index (χ4n) is 1.90. The summed E-state index contributed by atoms with van der Waals surface area (Å²) in [7, 11) is 0. The maximum absolute atomic E-state index is 12.2. The van der Waals surface area contributed by atoms with Crippen LogP contribution in [0.2, 0.25) is 0 Å². The van der Waals surface area contributed by atoms with Gasteiger partial charge in [0.05, 0.1) is 6.04 Å². The molecule has 2 amide bonds. The molecule has 0 bridgehead atoms. The number of benzene rings is 1. The van der Waals surface area contributed by atoms with E-state index in [1.807, 2.05) is 0 Å². The molecule has 0 saturated heterocycles. The first-order valence-corrected chi connectivity index (χ1v) is 8.63. The maximum atomic E-state index is 12.2. The second kappa shape index (κ2) is 10.2. The standard InChI is InChI=1S/C15H21N3O5S2/c16-10(6-24)13(20)18-12(7-25)14(21)17-11(15(22)23)5-8-1-3-9(19)4-2-8/h1-4,10-12,19,24-25H,5-7,16H2,(H,17,21)(H,18,20)(H,22,23)/t10-,11-,12-/m0/s1. The average molecular weight is 387 g/mol. The van der Waals surface area contributed by atoms with Gasteiger partial charge in [-0.2, -0.15) is 25.3 Å². The minimum Gasteiger partial charge on any atom is -0.508 e. The van der Waals surface area contributed by atoms with Crippen LogP contribution in [0.15, 0.2) is 24.3 Å². The van der Waals surface area contributed by atoms with Crippen molar-refractivity contribution in [3.8, 4) is 5.75 Å². The molecule has 10 heteroatoms. The molecule has 0 saturated carbocycles. The summed E-state index contributed by atoms with van der Waals surface area (Å²) in [6.07, 6.45) is 0.0186. The summed E-state index contributed by atoms with van der Waals surface area (Å²) in [5, 5.41) is 23.3. The Morgan fingerprint density at radius 1 is 1.00 bits per heavy atom. The van der Waals surface area contributed by atoms with Crippen molar-refractivity contribution in [3.05, 3.63) is 29.8 Å². The van der Waals surface area contributed by atoms with Crippen molar-refractivity contribution in [2.45, 2.75) is 24.5 Å². The lowest BCUT2D eigenvalue weighted by molar-refractivity contribution is -0.142. The largest absolute Gasteiger partial charge is 0.508 e. The number of carboxylic acids is 1. The first-order chi connectivity index (χ1) is 11.8. The van der Waals surface area contributed by atoms with Crippen LogP contribution in [0.5, 0.6) is 5.75 Å². The Kier molecular flexibility index (Phi) is 8.59. The molecule has 0 aromatic heterocycles. The number of nitrogens with one attached hydrogen (secondary N) is 2. The second-order valence-electron chi connectivity index (χ2n) is 5.30. The highest BCUT2D eigenvalue weighted by Gasteiger charge is 2.27. The Hall–Kier alpha value is -1.91. The van der Waals surface area contributed by atoms with E-state index in [9.17, 15) is 24.6 Å². The fraction of sp³-hybridized carbons (Fsp3) is 0.400. The normalized spacial score (nSPS) is 14.2. The number of phenols is 1. The van der Waals surface area contributed by atoms with Crippen molar-refractivity contribution in [1.82, 2.24) is 10.6 Å². The summed E-state index contributed by atoms with van der Waals surface area (Å²) in [6.45, 7) is 0. The lowest BCUT2D eigenvalue weighted by Crippen LogP contribution is -2.55. The van der Waals surface area contributed by atoms with E-state index in [0.717, 1.165) is 0 Å². The second-order valence-corrected chi connectivity index (χ2v) is 6.03. The number of hydrogen-bond acceptors (Lipinski definition) is 7. The minimum atomic E-state index is -1.22. The summed E-state index contributed by atoms with van der Waals surface area (Å²) in [4.78, 5) is 35.4. The number of thiol groups is 2. The van der Waals surface area contributed by atoms with Gasteiger partial charge in [-0.3, -0.25) is 9.59 Å². The lowest BCUT2D eigenvalue weighted by Gasteiger charge is -2.21. The van der Waals surface area contributed by atoms with Gasteiger partial charge in [0.2, 0.25) is 11.8 Å². The highest BCUT2D eigenvalue weighted by molar-refractivity contribution is 7.80. The molecule has 8 nitrogen and oxygen atoms in total. The highest BCUT2D eigenvalue weighted by Crippen LogP contribution is 2.11. The Bertz CT molecular complexity index is 612. The van der Waals surface area contributed by atoms with Crippen molar-refractivity contribution in [2.24, 2.45) is 5.73 Å². The number of nitrogens with two attached hydrogens (primary N) is 1. The van der Waals surface area contributed by atoms with Gasteiger partial charge in [0.25, 0.3) is 0 Å². The van der Waals surface area contributed by atoms with E-state index in [4.69, 9.17) is 5.73 Å². The van der Waals surface area contributed by atoms with Crippen molar-refractivity contribution in [2.75, 3.05) is 11.5 Å². The van der Waals surface area contributed by atoms with Crippen LogP contribution in [-0.4, -0.2) is 57.6 Å². The fourth-order valence-corrected chi connectivity index (χ4v) is 2.32. The summed E-state index contributed by atoms with van der Waals surface area (Å²) in [6, 6.07) is 2.85. The Morgan fingerprint density at radius 3 is 2.04 bits per heavy atom. The van der Waals surface area contributed by atoms with Crippen molar-refractivity contribution in [3.63, 3.8) is 0 Å². The first kappa shape index (κ1) is 21.1. The van der Waals surface area contributed by atoms with Crippen LogP contribution < -0.4 is 16.4 Å². The molecule has 138 valence electrons. The summed E-state index contributed by atoms with van der Waals surface area (Å²) in [5.41, 5.74) is 6.14. The van der Waals surface area contributed by atoms with Crippen LogP contribution in [0.1, 0.15) is 5.56 Å². The summed E-state index contributed by atoms with van der Waals surface area (Å²) >= 11 is 7.90. The van der Waals surface area contributed by atoms with Crippen LogP contribution in [0, 0.1) is 0 Å². The van der Waals surface area contributed by atoms with E-state index >= 15 is 0 Å². The molecule has 0 radical (unpaired) electrons. The number of carboxylic acid groups (broad SMARTS) is 1. The number of rotatable bonds is 9. The number of phenolic OH excluding ortho intramolecular Hbond substituents is 1. The maximum Gasteiger partial charge on any atom is 0.326 e. The summed E-state index contributed by atoms with van der Waals surface area (Å²) in [5.74, 6) is -2.35. The van der Waals surface area contributed by atoms with Crippen molar-refractivity contribution >= 4 is 43.0 Å². The molecule has 0 aliphatic carbocycles. The van der Waals surface area contributed by atoms with Crippen molar-refractivity contribution < 1.29 is 24.6 Å². The third kappa shape index (κ3) is 6.85. The Morgan fingerprint density at radius 2 is 1.56 bits per heavy atom. The van der Waals surface area contributed by atoms with Gasteiger partial charge < -0.3 is 26.6 Å². The molecule has 0 heterocycles. The monoisotopic (exact) mass is 387 g/mol. The smallest absolute Gasteiger partial charge is 0.326 e. The number of carbonyl (C=O) groups is 3. The van der Waals surface area contributed by atoms with E-state index in [1.54, 1.807) is 12.1 Å². The zero-order valence-corrected chi connectivity index (χ0v) is 15.0. The molecular weight excluding hydrogens is 366 g/mol. The van der Waals surface area contributed by atoms with Crippen LogP contribution in [0.25, 0.3) is 0 Å². The van der Waals surface area contributed by atoms with Crippen LogP contribution >= 0.6 is 25.3 Å². The van der Waals surface area contributed by atoms with Gasteiger partial charge in [0, 0.05) is 17.9 Å². The van der Waals surface area contributed by atoms with E-state index < -0.39 is 35.9 Å². The number of carbonyl (C=O) groups excluding carboxylic acids is 2. The molecule has 0 unspecified atom stereocenters. The van der Waals surface area contributed by atoms with Gasteiger partial charge >= 0.3 is 5.97 Å². The molecule has 0 aliphatic rings. The molecule has 1 aromatic rings. The first-order valence-electron chi connectivity index (χ1n) is 7.37. The van der Waals surface area contributed by atoms with Crippen LogP contribution in [-0.2, 0) is 20.8 Å². The van der Waals surface area contributed by atoms with Gasteiger partial charge in [-0.25, -0.2) is 4.79 Å². The van der Waals surface area contributed by atoms with Gasteiger partial charge in [-0.1, -0.05) is 12.1 Å². The Labute approximate surface area is 156 Å². The summed E-state index contributed by atoms with van der Waals surface area (Å²) < 4.78 is 0. The topological polar surface area (TPSA) is 142 Å². The molecule has 1 aromatic carbocycles. The molecule has 25 heavy (non-hydrogen) atoms. The number of hydrogen-bond donors (Lipinski definition) is 7. The SMILES string of the molecule is N[C@@H](CS)C(=O)N[C@@H](CS)C(=O)N[C@@H](Cc1ccc(O)cc1)C(=O)O. The Balaban J connectivity index is 2.75. The predicted molar refractivity (Wildman–Crippen MR) is 99.0 cm³/mol. The third-order valence-electron chi connectivity index (χ3n) is 3.34. The minimum absolute atomic E-state index is 0.0186. The molecule has 3 atom stereocenters. The number of aromatic hydroxyl groups is 1. The lowest BCUT2D eigenvalue weighted by atomic mass is 10.1. The predicted octanol–water partition coefficient (Wildman–Crippen LogP) is -0.824.